The number of ether oxygens (including phenoxy) is 1. The van der Waals surface area contributed by atoms with Gasteiger partial charge in [0.2, 0.25) is 0 Å². The maximum Gasteiger partial charge on any atom is 0.358 e. The van der Waals surface area contributed by atoms with Crippen LogP contribution in [-0.2, 0) is 18.2 Å². The Bertz CT molecular complexity index is 385. The van der Waals surface area contributed by atoms with Crippen molar-refractivity contribution in [1.82, 2.24) is 9.78 Å². The minimum atomic E-state index is -0.374. The van der Waals surface area contributed by atoms with Crippen molar-refractivity contribution >= 4 is 21.9 Å². The van der Waals surface area contributed by atoms with E-state index in [9.17, 15) is 4.79 Å². The van der Waals surface area contributed by atoms with E-state index in [-0.39, 0.29) is 11.4 Å². The van der Waals surface area contributed by atoms with Crippen LogP contribution in [0.5, 0.6) is 0 Å². The number of halogens is 1. The summed E-state index contributed by atoms with van der Waals surface area (Å²) in [4.78, 5) is 11.5. The van der Waals surface area contributed by atoms with Gasteiger partial charge in [0.25, 0.3) is 0 Å². The summed E-state index contributed by atoms with van der Waals surface area (Å²) in [7, 11) is 3.17. The van der Waals surface area contributed by atoms with E-state index in [0.717, 1.165) is 17.3 Å². The molecule has 0 aliphatic heterocycles. The van der Waals surface area contributed by atoms with E-state index in [1.807, 2.05) is 6.20 Å². The highest BCUT2D eigenvalue weighted by atomic mass is 79.9. The molecule has 0 atom stereocenters. The third kappa shape index (κ3) is 3.07. The van der Waals surface area contributed by atoms with E-state index < -0.39 is 0 Å². The Morgan fingerprint density at radius 2 is 2.25 bits per heavy atom. The molecule has 4 nitrogen and oxygen atoms in total. The van der Waals surface area contributed by atoms with Crippen LogP contribution in [0.1, 0.15) is 29.9 Å². The van der Waals surface area contributed by atoms with E-state index in [0.29, 0.717) is 5.69 Å². The van der Waals surface area contributed by atoms with E-state index in [1.165, 1.54) is 7.11 Å². The zero-order chi connectivity index (χ0) is 12.3. The molecule has 5 heteroatoms. The zero-order valence-corrected chi connectivity index (χ0v) is 11.7. The lowest BCUT2D eigenvalue weighted by atomic mass is 9.88. The molecule has 90 valence electrons. The molecule has 1 rings (SSSR count). The van der Waals surface area contributed by atoms with Crippen LogP contribution in [0, 0.1) is 5.41 Å². The Labute approximate surface area is 104 Å². The molecule has 0 N–H and O–H groups in total. The lowest BCUT2D eigenvalue weighted by Crippen LogP contribution is -2.18. The van der Waals surface area contributed by atoms with Crippen LogP contribution in [0.3, 0.4) is 0 Å². The molecule has 0 amide bonds. The van der Waals surface area contributed by atoms with Crippen LogP contribution in [-0.4, -0.2) is 28.2 Å². The highest BCUT2D eigenvalue weighted by Crippen LogP contribution is 2.25. The lowest BCUT2D eigenvalue weighted by Gasteiger charge is -2.20. The fourth-order valence-electron chi connectivity index (χ4n) is 1.50. The molecular weight excluding hydrogens is 272 g/mol. The SMILES string of the molecule is COC(=O)c1nn(C)cc1CC(C)(C)CBr. The minimum Gasteiger partial charge on any atom is -0.464 e. The largest absolute Gasteiger partial charge is 0.464 e. The molecule has 1 aromatic heterocycles. The third-order valence-electron chi connectivity index (χ3n) is 2.31. The Kier molecular flexibility index (Phi) is 4.13. The number of alkyl halides is 1. The van der Waals surface area contributed by atoms with E-state index in [4.69, 9.17) is 4.74 Å². The number of carbonyl (C=O) groups is 1. The molecule has 0 saturated heterocycles. The highest BCUT2D eigenvalue weighted by molar-refractivity contribution is 9.09. The van der Waals surface area contributed by atoms with Gasteiger partial charge in [-0.2, -0.15) is 5.10 Å². The second-order valence-electron chi connectivity index (χ2n) is 4.64. The maximum atomic E-state index is 11.5. The van der Waals surface area contributed by atoms with Gasteiger partial charge in [-0.1, -0.05) is 29.8 Å². The van der Waals surface area contributed by atoms with Gasteiger partial charge >= 0.3 is 5.97 Å². The number of esters is 1. The van der Waals surface area contributed by atoms with Gasteiger partial charge in [0.15, 0.2) is 5.69 Å². The first-order chi connectivity index (χ1) is 7.39. The second-order valence-corrected chi connectivity index (χ2v) is 5.20. The van der Waals surface area contributed by atoms with Crippen LogP contribution in [0.25, 0.3) is 0 Å². The predicted molar refractivity (Wildman–Crippen MR) is 65.8 cm³/mol. The standard InChI is InChI=1S/C11H17BrN2O2/c1-11(2,7-12)5-8-6-14(3)13-9(8)10(15)16-4/h6H,5,7H2,1-4H3. The molecule has 0 unspecified atom stereocenters. The van der Waals surface area contributed by atoms with E-state index >= 15 is 0 Å². The van der Waals surface area contributed by atoms with Gasteiger partial charge in [0.05, 0.1) is 7.11 Å². The Balaban J connectivity index is 3.00. The van der Waals surface area contributed by atoms with Crippen LogP contribution >= 0.6 is 15.9 Å². The topological polar surface area (TPSA) is 44.1 Å². The zero-order valence-electron chi connectivity index (χ0n) is 10.1. The van der Waals surface area contributed by atoms with Gasteiger partial charge in [-0.25, -0.2) is 4.79 Å². The van der Waals surface area contributed by atoms with Gasteiger partial charge in [-0.15, -0.1) is 0 Å². The predicted octanol–water partition coefficient (Wildman–Crippen LogP) is 2.17. The molecule has 0 aliphatic carbocycles. The maximum absolute atomic E-state index is 11.5. The van der Waals surface area contributed by atoms with Crippen LogP contribution in [0.15, 0.2) is 6.20 Å². The summed E-state index contributed by atoms with van der Waals surface area (Å²) in [5, 5.41) is 5.00. The van der Waals surface area contributed by atoms with E-state index in [1.54, 1.807) is 11.7 Å². The molecule has 0 radical (unpaired) electrons. The summed E-state index contributed by atoms with van der Waals surface area (Å²) >= 11 is 3.47. The Morgan fingerprint density at radius 1 is 1.62 bits per heavy atom. The molecule has 0 bridgehead atoms. The summed E-state index contributed by atoms with van der Waals surface area (Å²) in [6.45, 7) is 4.27. The van der Waals surface area contributed by atoms with Gasteiger partial charge in [0.1, 0.15) is 0 Å². The van der Waals surface area contributed by atoms with Crippen LogP contribution in [0.4, 0.5) is 0 Å². The molecule has 1 heterocycles. The Hall–Kier alpha value is -0.840. The molecule has 0 fully saturated rings. The van der Waals surface area contributed by atoms with E-state index in [2.05, 4.69) is 34.9 Å². The first-order valence-electron chi connectivity index (χ1n) is 5.06. The van der Waals surface area contributed by atoms with Gasteiger partial charge < -0.3 is 4.74 Å². The van der Waals surface area contributed by atoms with Crippen molar-refractivity contribution < 1.29 is 9.53 Å². The summed E-state index contributed by atoms with van der Waals surface area (Å²) in [6.07, 6.45) is 2.66. The molecule has 0 saturated carbocycles. The summed E-state index contributed by atoms with van der Waals surface area (Å²) in [6, 6.07) is 0. The molecule has 0 aromatic carbocycles. The van der Waals surface area contributed by atoms with Crippen LogP contribution < -0.4 is 0 Å². The average molecular weight is 289 g/mol. The minimum absolute atomic E-state index is 0.0891. The fourth-order valence-corrected chi connectivity index (χ4v) is 1.70. The molecule has 1 aromatic rings. The quantitative estimate of drug-likeness (QED) is 0.630. The molecule has 16 heavy (non-hydrogen) atoms. The van der Waals surface area contributed by atoms with Crippen molar-refractivity contribution in [1.29, 1.82) is 0 Å². The normalized spacial score (nSPS) is 11.6. The number of hydrogen-bond acceptors (Lipinski definition) is 3. The molecule has 0 aliphatic rings. The first kappa shape index (κ1) is 13.2. The summed E-state index contributed by atoms with van der Waals surface area (Å²) in [5.74, 6) is -0.374. The average Bonchev–Trinajstić information content (AvgIpc) is 2.57. The molecular formula is C11H17BrN2O2. The lowest BCUT2D eigenvalue weighted by molar-refractivity contribution is 0.0591. The van der Waals surface area contributed by atoms with Crippen molar-refractivity contribution in [2.24, 2.45) is 12.5 Å². The van der Waals surface area contributed by atoms with Gasteiger partial charge in [-0.05, 0) is 11.8 Å². The number of nitrogens with zero attached hydrogens (tertiary/aromatic N) is 2. The number of hydrogen-bond donors (Lipinski definition) is 0. The Morgan fingerprint density at radius 3 is 2.75 bits per heavy atom. The van der Waals surface area contributed by atoms with Crippen molar-refractivity contribution in [3.8, 4) is 0 Å². The first-order valence-corrected chi connectivity index (χ1v) is 6.18. The fraction of sp³-hybridized carbons (Fsp3) is 0.636. The summed E-state index contributed by atoms with van der Waals surface area (Å²) < 4.78 is 6.36. The second kappa shape index (κ2) is 4.99. The third-order valence-corrected chi connectivity index (χ3v) is 3.83. The van der Waals surface area contributed by atoms with Crippen molar-refractivity contribution in [2.75, 3.05) is 12.4 Å². The monoisotopic (exact) mass is 288 g/mol. The van der Waals surface area contributed by atoms with Crippen molar-refractivity contribution in [3.63, 3.8) is 0 Å². The number of methoxy groups -OCH3 is 1. The smallest absolute Gasteiger partial charge is 0.358 e. The number of aromatic nitrogens is 2. The van der Waals surface area contributed by atoms with Gasteiger partial charge in [-0.3, -0.25) is 4.68 Å². The molecule has 0 spiro atoms. The van der Waals surface area contributed by atoms with Crippen molar-refractivity contribution in [3.05, 3.63) is 17.5 Å². The number of carbonyl (C=O) groups excluding carboxylic acids is 1. The number of aryl methyl sites for hydroxylation is 1. The summed E-state index contributed by atoms with van der Waals surface area (Å²) in [5.41, 5.74) is 1.43. The van der Waals surface area contributed by atoms with Crippen molar-refractivity contribution in [2.45, 2.75) is 20.3 Å². The van der Waals surface area contributed by atoms with Gasteiger partial charge in [0, 0.05) is 24.1 Å². The van der Waals surface area contributed by atoms with Crippen LogP contribution in [0.2, 0.25) is 0 Å². The highest BCUT2D eigenvalue weighted by Gasteiger charge is 2.23. The number of rotatable bonds is 4.